The zero-order valence-electron chi connectivity index (χ0n) is 11.7. The van der Waals surface area contributed by atoms with Crippen LogP contribution in [0.3, 0.4) is 0 Å². The largest absolute Gasteiger partial charge is 0.392 e. The second-order valence-electron chi connectivity index (χ2n) is 4.73. The summed E-state index contributed by atoms with van der Waals surface area (Å²) < 4.78 is 0. The number of amidine groups is 1. The van der Waals surface area contributed by atoms with Gasteiger partial charge in [-0.1, -0.05) is 0 Å². The molecule has 0 spiro atoms. The molecular weight excluding hydrogens is 268 g/mol. The Morgan fingerprint density at radius 2 is 2.00 bits per heavy atom. The lowest BCUT2D eigenvalue weighted by molar-refractivity contribution is -0.119. The van der Waals surface area contributed by atoms with Gasteiger partial charge in [0.1, 0.15) is 0 Å². The van der Waals surface area contributed by atoms with Gasteiger partial charge in [-0.25, -0.2) is 0 Å². The van der Waals surface area contributed by atoms with Crippen molar-refractivity contribution in [1.29, 1.82) is 0 Å². The van der Waals surface area contributed by atoms with Crippen molar-refractivity contribution in [2.24, 2.45) is 5.10 Å². The number of aliphatic hydroxyl groups excluding tert-OH is 2. The predicted octanol–water partition coefficient (Wildman–Crippen LogP) is -0.581. The number of rotatable bonds is 5. The number of carbonyl (C=O) groups excluding carboxylic acids is 1. The molecule has 110 valence electrons. The molecule has 0 saturated heterocycles. The first-order chi connectivity index (χ1) is 8.79. The summed E-state index contributed by atoms with van der Waals surface area (Å²) in [4.78, 5) is 12.9. The Balaban J connectivity index is 2.69. The molecule has 0 bridgehead atoms. The van der Waals surface area contributed by atoms with Gasteiger partial charge in [-0.3, -0.25) is 9.80 Å². The van der Waals surface area contributed by atoms with E-state index in [1.807, 2.05) is 4.90 Å². The molecule has 3 atom stereocenters. The topological polar surface area (TPSA) is 88.4 Å². The molecule has 8 heteroatoms. The first-order valence-electron chi connectivity index (χ1n) is 6.16. The molecule has 1 aliphatic heterocycles. The van der Waals surface area contributed by atoms with E-state index in [9.17, 15) is 15.0 Å². The minimum absolute atomic E-state index is 0.126. The van der Waals surface area contributed by atoms with Crippen LogP contribution in [0.1, 0.15) is 20.8 Å². The number of hydrazone groups is 1. The maximum absolute atomic E-state index is 11.1. The van der Waals surface area contributed by atoms with E-state index in [1.165, 1.54) is 18.7 Å². The lowest BCUT2D eigenvalue weighted by Gasteiger charge is -2.26. The van der Waals surface area contributed by atoms with Crippen molar-refractivity contribution < 1.29 is 15.0 Å². The van der Waals surface area contributed by atoms with Gasteiger partial charge < -0.3 is 20.4 Å². The van der Waals surface area contributed by atoms with E-state index in [0.29, 0.717) is 18.3 Å². The molecule has 1 heterocycles. The Morgan fingerprint density at radius 3 is 2.42 bits per heavy atom. The van der Waals surface area contributed by atoms with Crippen LogP contribution in [0.15, 0.2) is 5.10 Å². The van der Waals surface area contributed by atoms with E-state index in [-0.39, 0.29) is 11.4 Å². The number of aliphatic hydroxyl groups is 2. The van der Waals surface area contributed by atoms with Crippen molar-refractivity contribution in [2.75, 3.05) is 20.1 Å². The van der Waals surface area contributed by atoms with E-state index >= 15 is 0 Å². The predicted molar refractivity (Wildman–Crippen MR) is 75.3 cm³/mol. The van der Waals surface area contributed by atoms with E-state index in [2.05, 4.69) is 10.4 Å². The van der Waals surface area contributed by atoms with Crippen molar-refractivity contribution in [1.82, 2.24) is 15.2 Å². The lowest BCUT2D eigenvalue weighted by atomic mass is 10.3. The summed E-state index contributed by atoms with van der Waals surface area (Å²) in [5.74, 6) is -0.126. The van der Waals surface area contributed by atoms with Crippen LogP contribution in [0.4, 0.5) is 0 Å². The van der Waals surface area contributed by atoms with Crippen LogP contribution < -0.4 is 5.32 Å². The lowest BCUT2D eigenvalue weighted by Crippen LogP contribution is -2.40. The number of nitrogens with one attached hydrogen (secondary N) is 1. The highest BCUT2D eigenvalue weighted by molar-refractivity contribution is 8.14. The van der Waals surface area contributed by atoms with Crippen LogP contribution >= 0.6 is 11.8 Å². The molecule has 0 radical (unpaired) electrons. The van der Waals surface area contributed by atoms with Crippen LogP contribution in [-0.2, 0) is 4.79 Å². The molecule has 0 aromatic heterocycles. The Morgan fingerprint density at radius 1 is 1.47 bits per heavy atom. The van der Waals surface area contributed by atoms with Gasteiger partial charge in [-0.15, -0.1) is 5.10 Å². The molecule has 19 heavy (non-hydrogen) atoms. The minimum atomic E-state index is -0.521. The maximum Gasteiger partial charge on any atom is 0.219 e. The number of hydrogen-bond acceptors (Lipinski definition) is 7. The Hall–Kier alpha value is -0.990. The van der Waals surface area contributed by atoms with Gasteiger partial charge in [0.2, 0.25) is 5.91 Å². The molecule has 3 unspecified atom stereocenters. The normalized spacial score (nSPS) is 21.9. The molecule has 1 amide bonds. The van der Waals surface area contributed by atoms with Crippen molar-refractivity contribution >= 4 is 22.8 Å². The molecular formula is C11H22N4O3S. The third-order valence-corrected chi connectivity index (χ3v) is 3.56. The van der Waals surface area contributed by atoms with Crippen molar-refractivity contribution in [2.45, 2.75) is 38.5 Å². The molecule has 7 nitrogen and oxygen atoms in total. The van der Waals surface area contributed by atoms with Crippen molar-refractivity contribution in [3.8, 4) is 0 Å². The van der Waals surface area contributed by atoms with Gasteiger partial charge in [-0.05, 0) is 25.6 Å². The average Bonchev–Trinajstić information content (AvgIpc) is 2.57. The second-order valence-corrected chi connectivity index (χ2v) is 5.78. The number of hydrogen-bond donors (Lipinski definition) is 3. The number of amides is 1. The summed E-state index contributed by atoms with van der Waals surface area (Å²) in [6.07, 6.45) is -1.04. The van der Waals surface area contributed by atoms with Crippen LogP contribution in [-0.4, -0.2) is 69.0 Å². The first-order valence-corrected chi connectivity index (χ1v) is 7.03. The highest BCUT2D eigenvalue weighted by Gasteiger charge is 2.29. The van der Waals surface area contributed by atoms with E-state index < -0.39 is 12.2 Å². The quantitative estimate of drug-likeness (QED) is 0.628. The Labute approximate surface area is 117 Å². The summed E-state index contributed by atoms with van der Waals surface area (Å²) in [6.45, 7) is 5.60. The van der Waals surface area contributed by atoms with Crippen molar-refractivity contribution in [3.05, 3.63) is 0 Å². The van der Waals surface area contributed by atoms with E-state index in [0.717, 1.165) is 0 Å². The zero-order valence-corrected chi connectivity index (χ0v) is 12.5. The number of nitrogens with zero attached hydrogens (tertiary/aromatic N) is 3. The fourth-order valence-electron chi connectivity index (χ4n) is 1.69. The second kappa shape index (κ2) is 6.97. The van der Waals surface area contributed by atoms with Crippen LogP contribution in [0, 0.1) is 0 Å². The smallest absolute Gasteiger partial charge is 0.219 e. The Kier molecular flexibility index (Phi) is 5.89. The molecule has 1 rings (SSSR count). The molecule has 3 N–H and O–H groups in total. The highest BCUT2D eigenvalue weighted by Crippen LogP contribution is 2.25. The molecule has 0 aromatic rings. The zero-order chi connectivity index (χ0) is 14.6. The van der Waals surface area contributed by atoms with Gasteiger partial charge in [0, 0.05) is 27.1 Å². The van der Waals surface area contributed by atoms with Gasteiger partial charge in [0.25, 0.3) is 0 Å². The maximum atomic E-state index is 11.1. The third kappa shape index (κ3) is 5.25. The summed E-state index contributed by atoms with van der Waals surface area (Å²) in [5, 5.41) is 28.4. The summed E-state index contributed by atoms with van der Waals surface area (Å²) >= 11 is 1.39. The fraction of sp³-hybridized carbons (Fsp3) is 0.818. The minimum Gasteiger partial charge on any atom is -0.392 e. The summed E-state index contributed by atoms with van der Waals surface area (Å²) in [7, 11) is 1.77. The molecule has 0 fully saturated rings. The van der Waals surface area contributed by atoms with Crippen LogP contribution in [0.2, 0.25) is 0 Å². The summed E-state index contributed by atoms with van der Waals surface area (Å²) in [5.41, 5.74) is -0.252. The third-order valence-electron chi connectivity index (χ3n) is 2.37. The molecule has 0 saturated carbocycles. The Bertz CT molecular complexity index is 339. The standard InChI is InChI=1S/C11H22N4O3S/c1-7(16)5-15(6-8(2)17)11-13-14(4)10(19-11)12-9(3)18/h7-8,10,16-17H,5-6H2,1-4H3,(H,12,18). The van der Waals surface area contributed by atoms with Crippen molar-refractivity contribution in [3.63, 3.8) is 0 Å². The van der Waals surface area contributed by atoms with Crippen LogP contribution in [0.5, 0.6) is 0 Å². The number of thioether (sulfide) groups is 1. The SMILES string of the molecule is CC(=O)NC1SC(N(CC(C)O)CC(C)O)=NN1C. The van der Waals surface area contributed by atoms with Gasteiger partial charge in [0.15, 0.2) is 10.7 Å². The van der Waals surface area contributed by atoms with E-state index in [1.54, 1.807) is 25.9 Å². The average molecular weight is 290 g/mol. The first kappa shape index (κ1) is 16.1. The van der Waals surface area contributed by atoms with Gasteiger partial charge >= 0.3 is 0 Å². The highest BCUT2D eigenvalue weighted by atomic mass is 32.2. The number of carbonyl (C=O) groups is 1. The van der Waals surface area contributed by atoms with E-state index in [4.69, 9.17) is 0 Å². The summed E-state index contributed by atoms with van der Waals surface area (Å²) in [6, 6.07) is 0. The fourth-order valence-corrected chi connectivity index (χ4v) is 2.79. The monoisotopic (exact) mass is 290 g/mol. The molecule has 1 aliphatic rings. The van der Waals surface area contributed by atoms with Crippen LogP contribution in [0.25, 0.3) is 0 Å². The molecule has 0 aliphatic carbocycles. The molecule has 0 aromatic carbocycles. The van der Waals surface area contributed by atoms with Gasteiger partial charge in [-0.2, -0.15) is 0 Å². The van der Waals surface area contributed by atoms with Gasteiger partial charge in [0.05, 0.1) is 12.2 Å².